The van der Waals surface area contributed by atoms with Crippen LogP contribution in [0.5, 0.6) is 11.5 Å². The first-order chi connectivity index (χ1) is 21.6. The van der Waals surface area contributed by atoms with Gasteiger partial charge >= 0.3 is 0 Å². The SMILES string of the molecule is CCCCCCCCCCCCCC(=O)N(CCc1ccc(OC)c(OC)c1)Cc1ccc2c(c1)c1ccccc1n2CC. The number of ether oxygens (including phenoxy) is 2. The van der Waals surface area contributed by atoms with E-state index in [1.165, 1.54) is 85.2 Å². The molecule has 3 aromatic carbocycles. The quantitative estimate of drug-likeness (QED) is 0.0951. The lowest BCUT2D eigenvalue weighted by molar-refractivity contribution is -0.131. The number of benzene rings is 3. The van der Waals surface area contributed by atoms with E-state index in [9.17, 15) is 4.79 Å². The molecule has 0 atom stereocenters. The number of hydrogen-bond acceptors (Lipinski definition) is 3. The summed E-state index contributed by atoms with van der Waals surface area (Å²) in [5.74, 6) is 1.69. The highest BCUT2D eigenvalue weighted by molar-refractivity contribution is 6.08. The summed E-state index contributed by atoms with van der Waals surface area (Å²) < 4.78 is 13.3. The lowest BCUT2D eigenvalue weighted by Gasteiger charge is -2.23. The van der Waals surface area contributed by atoms with Crippen molar-refractivity contribution in [3.8, 4) is 11.5 Å². The molecule has 0 bridgehead atoms. The number of methoxy groups -OCH3 is 2. The van der Waals surface area contributed by atoms with Crippen molar-refractivity contribution >= 4 is 27.7 Å². The summed E-state index contributed by atoms with van der Waals surface area (Å²) in [5, 5.41) is 2.54. The molecule has 0 aliphatic rings. The minimum atomic E-state index is 0.248. The first-order valence-electron chi connectivity index (χ1n) is 17.1. The number of para-hydroxylation sites is 1. The normalized spacial score (nSPS) is 11.4. The molecule has 1 heterocycles. The van der Waals surface area contributed by atoms with E-state index in [1.807, 2.05) is 12.1 Å². The molecule has 0 radical (unpaired) electrons. The van der Waals surface area contributed by atoms with Crippen molar-refractivity contribution in [2.45, 2.75) is 110 Å². The van der Waals surface area contributed by atoms with Crippen LogP contribution >= 0.6 is 0 Å². The highest BCUT2D eigenvalue weighted by Crippen LogP contribution is 2.31. The third kappa shape index (κ3) is 9.03. The van der Waals surface area contributed by atoms with Crippen molar-refractivity contribution in [2.24, 2.45) is 0 Å². The van der Waals surface area contributed by atoms with Gasteiger partial charge in [0, 0.05) is 47.9 Å². The van der Waals surface area contributed by atoms with Gasteiger partial charge in [0.25, 0.3) is 0 Å². The van der Waals surface area contributed by atoms with Crippen molar-refractivity contribution in [3.05, 3.63) is 71.8 Å². The maximum atomic E-state index is 13.7. The number of nitrogens with zero attached hydrogens (tertiary/aromatic N) is 2. The topological polar surface area (TPSA) is 43.7 Å². The molecule has 5 heteroatoms. The number of carbonyl (C=O) groups is 1. The predicted octanol–water partition coefficient (Wildman–Crippen LogP) is 10.1. The number of carbonyl (C=O) groups excluding carboxylic acids is 1. The maximum Gasteiger partial charge on any atom is 0.222 e. The van der Waals surface area contributed by atoms with Crippen LogP contribution in [0.15, 0.2) is 60.7 Å². The number of aromatic nitrogens is 1. The lowest BCUT2D eigenvalue weighted by Crippen LogP contribution is -2.32. The van der Waals surface area contributed by atoms with Gasteiger partial charge in [0.15, 0.2) is 11.5 Å². The van der Waals surface area contributed by atoms with Crippen molar-refractivity contribution in [2.75, 3.05) is 20.8 Å². The summed E-state index contributed by atoms with van der Waals surface area (Å²) in [6.45, 7) is 6.68. The van der Waals surface area contributed by atoms with Gasteiger partial charge < -0.3 is 18.9 Å². The Morgan fingerprint density at radius 1 is 0.682 bits per heavy atom. The first-order valence-corrected chi connectivity index (χ1v) is 17.1. The molecule has 0 saturated carbocycles. The zero-order valence-electron chi connectivity index (χ0n) is 27.7. The van der Waals surface area contributed by atoms with Crippen LogP contribution in [0.25, 0.3) is 21.8 Å². The molecule has 1 amide bonds. The van der Waals surface area contributed by atoms with Crippen LogP contribution < -0.4 is 9.47 Å². The second kappa shape index (κ2) is 17.7. The Kier molecular flexibility index (Phi) is 13.5. The Bertz CT molecular complexity index is 1460. The van der Waals surface area contributed by atoms with Crippen LogP contribution in [0.1, 0.15) is 102 Å². The zero-order chi connectivity index (χ0) is 31.1. The molecule has 0 unspecified atom stereocenters. The molecule has 4 rings (SSSR count). The molecular weight excluding hydrogens is 544 g/mol. The van der Waals surface area contributed by atoms with Crippen LogP contribution in [-0.4, -0.2) is 36.1 Å². The van der Waals surface area contributed by atoms with Crippen LogP contribution in [0.4, 0.5) is 0 Å². The van der Waals surface area contributed by atoms with E-state index in [2.05, 4.69) is 71.8 Å². The van der Waals surface area contributed by atoms with Gasteiger partial charge in [-0.3, -0.25) is 4.79 Å². The minimum absolute atomic E-state index is 0.248. The van der Waals surface area contributed by atoms with Gasteiger partial charge in [0.1, 0.15) is 0 Å². The Morgan fingerprint density at radius 3 is 2.00 bits per heavy atom. The molecule has 0 N–H and O–H groups in total. The van der Waals surface area contributed by atoms with Crippen molar-refractivity contribution in [1.82, 2.24) is 9.47 Å². The van der Waals surface area contributed by atoms with Crippen molar-refractivity contribution in [1.29, 1.82) is 0 Å². The number of amides is 1. The van der Waals surface area contributed by atoms with Gasteiger partial charge in [-0.05, 0) is 61.2 Å². The zero-order valence-corrected chi connectivity index (χ0v) is 27.7. The third-order valence-electron chi connectivity index (χ3n) is 8.99. The predicted molar refractivity (Wildman–Crippen MR) is 185 cm³/mol. The lowest BCUT2D eigenvalue weighted by atomic mass is 10.0. The summed E-state index contributed by atoms with van der Waals surface area (Å²) in [5.41, 5.74) is 4.83. The van der Waals surface area contributed by atoms with E-state index in [-0.39, 0.29) is 5.91 Å². The van der Waals surface area contributed by atoms with E-state index < -0.39 is 0 Å². The minimum Gasteiger partial charge on any atom is -0.493 e. The van der Waals surface area contributed by atoms with Crippen LogP contribution in [0.3, 0.4) is 0 Å². The summed E-state index contributed by atoms with van der Waals surface area (Å²) in [6, 6.07) is 21.4. The van der Waals surface area contributed by atoms with E-state index in [4.69, 9.17) is 9.47 Å². The van der Waals surface area contributed by atoms with Crippen LogP contribution in [0.2, 0.25) is 0 Å². The van der Waals surface area contributed by atoms with Gasteiger partial charge in [-0.1, -0.05) is 101 Å². The maximum absolute atomic E-state index is 13.7. The Hall–Kier alpha value is -3.47. The summed E-state index contributed by atoms with van der Waals surface area (Å²) in [4.78, 5) is 15.7. The average Bonchev–Trinajstić information content (AvgIpc) is 3.38. The van der Waals surface area contributed by atoms with Crippen molar-refractivity contribution in [3.63, 3.8) is 0 Å². The van der Waals surface area contributed by atoms with Gasteiger partial charge in [-0.2, -0.15) is 0 Å². The smallest absolute Gasteiger partial charge is 0.222 e. The van der Waals surface area contributed by atoms with Crippen LogP contribution in [0, 0.1) is 0 Å². The number of fused-ring (bicyclic) bond motifs is 3. The van der Waals surface area contributed by atoms with Crippen molar-refractivity contribution < 1.29 is 14.3 Å². The van der Waals surface area contributed by atoms with E-state index in [1.54, 1.807) is 14.2 Å². The van der Waals surface area contributed by atoms with Gasteiger partial charge in [0.2, 0.25) is 5.91 Å². The summed E-state index contributed by atoms with van der Waals surface area (Å²) >= 11 is 0. The molecule has 0 spiro atoms. The molecule has 0 aliphatic carbocycles. The fourth-order valence-corrected chi connectivity index (χ4v) is 6.45. The largest absolute Gasteiger partial charge is 0.493 e. The van der Waals surface area contributed by atoms with E-state index in [0.29, 0.717) is 19.5 Å². The summed E-state index contributed by atoms with van der Waals surface area (Å²) in [7, 11) is 3.32. The van der Waals surface area contributed by atoms with Crippen LogP contribution in [-0.2, 0) is 24.3 Å². The second-order valence-electron chi connectivity index (χ2n) is 12.2. The third-order valence-corrected chi connectivity index (χ3v) is 8.99. The second-order valence-corrected chi connectivity index (χ2v) is 12.2. The van der Waals surface area contributed by atoms with E-state index >= 15 is 0 Å². The summed E-state index contributed by atoms with van der Waals surface area (Å²) in [6.07, 6.45) is 15.5. The van der Waals surface area contributed by atoms with Gasteiger partial charge in [-0.15, -0.1) is 0 Å². The Labute approximate surface area is 265 Å². The monoisotopic (exact) mass is 598 g/mol. The Morgan fingerprint density at radius 2 is 1.32 bits per heavy atom. The van der Waals surface area contributed by atoms with Gasteiger partial charge in [-0.25, -0.2) is 0 Å². The molecule has 4 aromatic rings. The highest BCUT2D eigenvalue weighted by Gasteiger charge is 2.17. The molecular formula is C39H54N2O3. The Balaban J connectivity index is 1.39. The number of aryl methyl sites for hydroxylation is 1. The van der Waals surface area contributed by atoms with Gasteiger partial charge in [0.05, 0.1) is 14.2 Å². The fourth-order valence-electron chi connectivity index (χ4n) is 6.45. The first kappa shape index (κ1) is 33.4. The van der Waals surface area contributed by atoms with E-state index in [0.717, 1.165) is 42.9 Å². The molecule has 238 valence electrons. The molecule has 1 aromatic heterocycles. The average molecular weight is 599 g/mol. The molecule has 44 heavy (non-hydrogen) atoms. The number of hydrogen-bond donors (Lipinski definition) is 0. The highest BCUT2D eigenvalue weighted by atomic mass is 16.5. The molecule has 0 aliphatic heterocycles. The molecule has 0 saturated heterocycles. The molecule has 5 nitrogen and oxygen atoms in total. The number of unbranched alkanes of at least 4 members (excludes halogenated alkanes) is 10. The standard InChI is InChI=1S/C39H54N2O3/c1-5-7-8-9-10-11-12-13-14-15-16-21-39(42)40(27-26-31-23-25-37(43-3)38(29-31)44-4)30-32-22-24-36-34(28-32)33-19-17-18-20-35(33)41(36)6-2/h17-20,22-25,28-29H,5-16,21,26-27,30H2,1-4H3. The number of rotatable bonds is 20. The molecule has 0 fully saturated rings. The fraction of sp³-hybridized carbons (Fsp3) is 0.513.